The summed E-state index contributed by atoms with van der Waals surface area (Å²) in [4.78, 5) is 16.4. The van der Waals surface area contributed by atoms with E-state index in [2.05, 4.69) is 26.2 Å². The monoisotopic (exact) mass is 318 g/mol. The molecule has 3 rings (SSSR count). The average molecular weight is 319 g/mol. The van der Waals surface area contributed by atoms with Crippen molar-refractivity contribution in [3.05, 3.63) is 42.1 Å². The van der Waals surface area contributed by atoms with Gasteiger partial charge in [-0.05, 0) is 42.5 Å². The van der Waals surface area contributed by atoms with E-state index in [-0.39, 0.29) is 5.91 Å². The Morgan fingerprint density at radius 3 is 2.95 bits per heavy atom. The Balaban J connectivity index is 1.74. The lowest BCUT2D eigenvalue weighted by molar-refractivity contribution is 0.0946. The minimum atomic E-state index is -0.00187. The van der Waals surface area contributed by atoms with E-state index in [1.165, 1.54) is 12.8 Å². The van der Waals surface area contributed by atoms with Crippen molar-refractivity contribution in [3.8, 4) is 0 Å². The van der Waals surface area contributed by atoms with Crippen molar-refractivity contribution >= 4 is 32.7 Å². The number of nitrogens with one attached hydrogen (secondary N) is 1. The third-order valence-corrected chi connectivity index (χ3v) is 4.92. The molecule has 1 aliphatic carbocycles. The molecule has 1 aromatic heterocycles. The van der Waals surface area contributed by atoms with Crippen LogP contribution >= 0.6 is 15.9 Å². The molecule has 2 aromatic rings. The van der Waals surface area contributed by atoms with E-state index in [1.807, 2.05) is 30.3 Å². The van der Waals surface area contributed by atoms with E-state index in [9.17, 15) is 4.79 Å². The molecule has 1 amide bonds. The van der Waals surface area contributed by atoms with E-state index in [4.69, 9.17) is 0 Å². The van der Waals surface area contributed by atoms with Crippen molar-refractivity contribution in [1.82, 2.24) is 10.3 Å². The molecule has 1 saturated carbocycles. The molecule has 1 N–H and O–H groups in total. The largest absolute Gasteiger partial charge is 0.351 e. The first kappa shape index (κ1) is 12.6. The number of rotatable bonds is 4. The molecule has 19 heavy (non-hydrogen) atoms. The number of carbonyl (C=O) groups excluding carboxylic acids is 1. The summed E-state index contributed by atoms with van der Waals surface area (Å²) in [5, 5.41) is 4.99. The van der Waals surface area contributed by atoms with Crippen LogP contribution < -0.4 is 5.32 Å². The molecule has 0 saturated heterocycles. The van der Waals surface area contributed by atoms with E-state index >= 15 is 0 Å². The standard InChI is InChI=1S/C15H15BrN2O/c16-9-15(5-6-15)10-18-14(19)12-3-4-13-11(8-12)2-1-7-17-13/h1-4,7-8H,5-6,9-10H2,(H,18,19). The van der Waals surface area contributed by atoms with Crippen LogP contribution in [0.15, 0.2) is 36.5 Å². The summed E-state index contributed by atoms with van der Waals surface area (Å²) in [7, 11) is 0. The molecule has 1 fully saturated rings. The van der Waals surface area contributed by atoms with Crippen LogP contribution in [0, 0.1) is 5.41 Å². The highest BCUT2D eigenvalue weighted by Crippen LogP contribution is 2.46. The zero-order valence-electron chi connectivity index (χ0n) is 10.5. The number of aromatic nitrogens is 1. The number of halogens is 1. The molecule has 0 unspecified atom stereocenters. The molecule has 4 heteroatoms. The Hall–Kier alpha value is -1.42. The molecule has 0 bridgehead atoms. The van der Waals surface area contributed by atoms with Crippen LogP contribution in [-0.2, 0) is 0 Å². The molecule has 0 atom stereocenters. The van der Waals surface area contributed by atoms with Gasteiger partial charge in [-0.25, -0.2) is 0 Å². The van der Waals surface area contributed by atoms with Crippen LogP contribution in [0.25, 0.3) is 10.9 Å². The zero-order chi connectivity index (χ0) is 13.3. The van der Waals surface area contributed by atoms with Crippen molar-refractivity contribution in [3.63, 3.8) is 0 Å². The Bertz CT molecular complexity index is 622. The van der Waals surface area contributed by atoms with Gasteiger partial charge in [0.05, 0.1) is 5.52 Å². The van der Waals surface area contributed by atoms with Crippen molar-refractivity contribution in [1.29, 1.82) is 0 Å². The van der Waals surface area contributed by atoms with Gasteiger partial charge in [0.15, 0.2) is 0 Å². The summed E-state index contributed by atoms with van der Waals surface area (Å²) < 4.78 is 0. The second-order valence-corrected chi connectivity index (χ2v) is 5.79. The van der Waals surface area contributed by atoms with Gasteiger partial charge in [-0.1, -0.05) is 22.0 Å². The molecule has 0 radical (unpaired) electrons. The number of hydrogen-bond acceptors (Lipinski definition) is 2. The van der Waals surface area contributed by atoms with Crippen molar-refractivity contribution in [2.75, 3.05) is 11.9 Å². The van der Waals surface area contributed by atoms with Crippen LogP contribution in [0.3, 0.4) is 0 Å². The number of carbonyl (C=O) groups is 1. The summed E-state index contributed by atoms with van der Waals surface area (Å²) in [6.07, 6.45) is 4.15. The molecular weight excluding hydrogens is 304 g/mol. The SMILES string of the molecule is O=C(NCC1(CBr)CC1)c1ccc2ncccc2c1. The van der Waals surface area contributed by atoms with Gasteiger partial charge in [0.2, 0.25) is 0 Å². The smallest absolute Gasteiger partial charge is 0.251 e. The third kappa shape index (κ3) is 2.63. The van der Waals surface area contributed by atoms with Gasteiger partial charge in [-0.2, -0.15) is 0 Å². The minimum absolute atomic E-state index is 0.00187. The Morgan fingerprint density at radius 2 is 2.21 bits per heavy atom. The number of hydrogen-bond donors (Lipinski definition) is 1. The van der Waals surface area contributed by atoms with Gasteiger partial charge in [-0.15, -0.1) is 0 Å². The number of alkyl halides is 1. The van der Waals surface area contributed by atoms with E-state index in [0.717, 1.165) is 22.8 Å². The Labute approximate surface area is 120 Å². The van der Waals surface area contributed by atoms with Crippen LogP contribution in [0.5, 0.6) is 0 Å². The molecule has 1 aromatic carbocycles. The summed E-state index contributed by atoms with van der Waals surface area (Å²) in [5.41, 5.74) is 1.91. The molecule has 0 aliphatic heterocycles. The van der Waals surface area contributed by atoms with Crippen molar-refractivity contribution in [2.24, 2.45) is 5.41 Å². The first-order chi connectivity index (χ1) is 9.22. The molecule has 98 valence electrons. The minimum Gasteiger partial charge on any atom is -0.351 e. The Kier molecular flexibility index (Phi) is 3.27. The fraction of sp³-hybridized carbons (Fsp3) is 0.333. The van der Waals surface area contributed by atoms with Gasteiger partial charge >= 0.3 is 0 Å². The van der Waals surface area contributed by atoms with Gasteiger partial charge in [0.25, 0.3) is 5.91 Å². The van der Waals surface area contributed by atoms with E-state index in [1.54, 1.807) is 6.20 Å². The van der Waals surface area contributed by atoms with Gasteiger partial charge in [0, 0.05) is 29.0 Å². The predicted octanol–water partition coefficient (Wildman–Crippen LogP) is 3.14. The van der Waals surface area contributed by atoms with Crippen LogP contribution in [0.4, 0.5) is 0 Å². The number of nitrogens with zero attached hydrogens (tertiary/aromatic N) is 1. The van der Waals surface area contributed by atoms with Gasteiger partial charge < -0.3 is 5.32 Å². The summed E-state index contributed by atoms with van der Waals surface area (Å²) in [5.74, 6) is -0.00187. The first-order valence-corrected chi connectivity index (χ1v) is 7.54. The topological polar surface area (TPSA) is 42.0 Å². The summed E-state index contributed by atoms with van der Waals surface area (Å²) in [6, 6.07) is 9.47. The molecule has 1 aliphatic rings. The Morgan fingerprint density at radius 1 is 1.37 bits per heavy atom. The lowest BCUT2D eigenvalue weighted by atomic mass is 10.1. The summed E-state index contributed by atoms with van der Waals surface area (Å²) in [6.45, 7) is 0.752. The highest BCUT2D eigenvalue weighted by atomic mass is 79.9. The highest BCUT2D eigenvalue weighted by Gasteiger charge is 2.41. The van der Waals surface area contributed by atoms with Crippen LogP contribution in [0.1, 0.15) is 23.2 Å². The maximum Gasteiger partial charge on any atom is 0.251 e. The number of amides is 1. The maximum atomic E-state index is 12.1. The predicted molar refractivity (Wildman–Crippen MR) is 79.5 cm³/mol. The molecule has 0 spiro atoms. The fourth-order valence-electron chi connectivity index (χ4n) is 2.12. The van der Waals surface area contributed by atoms with Gasteiger partial charge in [0.1, 0.15) is 0 Å². The zero-order valence-corrected chi connectivity index (χ0v) is 12.1. The quantitative estimate of drug-likeness (QED) is 0.880. The number of benzene rings is 1. The fourth-order valence-corrected chi connectivity index (χ4v) is 2.88. The normalized spacial score (nSPS) is 16.3. The number of fused-ring (bicyclic) bond motifs is 1. The van der Waals surface area contributed by atoms with Crippen molar-refractivity contribution < 1.29 is 4.79 Å². The summed E-state index contributed by atoms with van der Waals surface area (Å²) >= 11 is 3.51. The third-order valence-electron chi connectivity index (χ3n) is 3.73. The molecule has 3 nitrogen and oxygen atoms in total. The second-order valence-electron chi connectivity index (χ2n) is 5.23. The molecular formula is C15H15BrN2O. The lowest BCUT2D eigenvalue weighted by Crippen LogP contribution is -2.30. The second kappa shape index (κ2) is 4.93. The van der Waals surface area contributed by atoms with E-state index < -0.39 is 0 Å². The van der Waals surface area contributed by atoms with Crippen LogP contribution in [-0.4, -0.2) is 22.8 Å². The van der Waals surface area contributed by atoms with E-state index in [0.29, 0.717) is 11.0 Å². The molecule has 1 heterocycles. The first-order valence-electron chi connectivity index (χ1n) is 6.41. The average Bonchev–Trinajstić information content (AvgIpc) is 3.25. The lowest BCUT2D eigenvalue weighted by Gasteiger charge is -2.12. The highest BCUT2D eigenvalue weighted by molar-refractivity contribution is 9.09. The maximum absolute atomic E-state index is 12.1. The van der Waals surface area contributed by atoms with Gasteiger partial charge in [-0.3, -0.25) is 9.78 Å². The number of pyridine rings is 1. The van der Waals surface area contributed by atoms with Crippen molar-refractivity contribution in [2.45, 2.75) is 12.8 Å². The van der Waals surface area contributed by atoms with Crippen LogP contribution in [0.2, 0.25) is 0 Å².